The van der Waals surface area contributed by atoms with Gasteiger partial charge in [0.2, 0.25) is 15.9 Å². The molecule has 1 saturated heterocycles. The van der Waals surface area contributed by atoms with E-state index in [-0.39, 0.29) is 10.8 Å². The molecule has 0 aliphatic carbocycles. The number of hydrogen-bond donors (Lipinski definition) is 1. The van der Waals surface area contributed by atoms with Crippen molar-refractivity contribution in [3.05, 3.63) is 29.3 Å². The topological polar surface area (TPSA) is 90.3 Å². The summed E-state index contributed by atoms with van der Waals surface area (Å²) in [4.78, 5) is 11.9. The van der Waals surface area contributed by atoms with Crippen molar-refractivity contribution in [2.75, 3.05) is 13.6 Å². The first-order chi connectivity index (χ1) is 9.91. The standard InChI is InChI=1S/C14H17N3O3S/c1-10-8-12(6-5-11(10)9-15)21(19,20)17-7-3-4-13(17)14(18)16-2/h5-6,8,13H,3-4,7H2,1-2H3,(H,16,18). The maximum atomic E-state index is 12.7. The molecule has 1 aliphatic heterocycles. The zero-order chi connectivity index (χ0) is 15.6. The van der Waals surface area contributed by atoms with Gasteiger partial charge in [-0.25, -0.2) is 8.42 Å². The molecular weight excluding hydrogens is 290 g/mol. The number of rotatable bonds is 3. The molecule has 0 bridgehead atoms. The molecule has 21 heavy (non-hydrogen) atoms. The number of nitrogens with one attached hydrogen (secondary N) is 1. The number of sulfonamides is 1. The van der Waals surface area contributed by atoms with E-state index in [2.05, 4.69) is 5.32 Å². The Bertz CT molecular complexity index is 707. The predicted molar refractivity (Wildman–Crippen MR) is 76.9 cm³/mol. The first-order valence-corrected chi connectivity index (χ1v) is 8.10. The summed E-state index contributed by atoms with van der Waals surface area (Å²) in [5, 5.41) is 11.4. The lowest BCUT2D eigenvalue weighted by Crippen LogP contribution is -2.44. The number of nitrogens with zero attached hydrogens (tertiary/aromatic N) is 2. The van der Waals surface area contributed by atoms with Gasteiger partial charge < -0.3 is 5.32 Å². The molecule has 1 amide bonds. The Morgan fingerprint density at radius 3 is 2.76 bits per heavy atom. The minimum Gasteiger partial charge on any atom is -0.358 e. The van der Waals surface area contributed by atoms with Gasteiger partial charge in [0.1, 0.15) is 6.04 Å². The number of hydrogen-bond acceptors (Lipinski definition) is 4. The molecule has 7 heteroatoms. The third-order valence-corrected chi connectivity index (χ3v) is 5.58. The van der Waals surface area contributed by atoms with Crippen molar-refractivity contribution in [1.29, 1.82) is 5.26 Å². The highest BCUT2D eigenvalue weighted by Gasteiger charge is 2.39. The van der Waals surface area contributed by atoms with Gasteiger partial charge in [-0.2, -0.15) is 9.57 Å². The predicted octanol–water partition coefficient (Wildman–Crippen LogP) is 0.766. The number of carbonyl (C=O) groups excluding carboxylic acids is 1. The van der Waals surface area contributed by atoms with E-state index >= 15 is 0 Å². The number of likely N-dealkylation sites (N-methyl/N-ethyl adjacent to an activating group) is 1. The van der Waals surface area contributed by atoms with Crippen LogP contribution in [-0.4, -0.2) is 38.3 Å². The van der Waals surface area contributed by atoms with Crippen molar-refractivity contribution in [3.8, 4) is 6.07 Å². The molecule has 6 nitrogen and oxygen atoms in total. The lowest BCUT2D eigenvalue weighted by molar-refractivity contribution is -0.123. The molecule has 1 aliphatic rings. The average molecular weight is 307 g/mol. The molecule has 0 spiro atoms. The molecule has 0 saturated carbocycles. The highest BCUT2D eigenvalue weighted by molar-refractivity contribution is 7.89. The van der Waals surface area contributed by atoms with Gasteiger partial charge in [0.05, 0.1) is 16.5 Å². The van der Waals surface area contributed by atoms with Crippen LogP contribution < -0.4 is 5.32 Å². The molecule has 2 rings (SSSR count). The summed E-state index contributed by atoms with van der Waals surface area (Å²) in [5.41, 5.74) is 1.05. The second-order valence-electron chi connectivity index (χ2n) is 4.98. The SMILES string of the molecule is CNC(=O)C1CCCN1S(=O)(=O)c1ccc(C#N)c(C)c1. The van der Waals surface area contributed by atoms with Crippen LogP contribution in [0.15, 0.2) is 23.1 Å². The second-order valence-corrected chi connectivity index (χ2v) is 6.87. The summed E-state index contributed by atoms with van der Waals surface area (Å²) in [7, 11) is -2.23. The molecule has 1 aromatic rings. The van der Waals surface area contributed by atoms with Gasteiger partial charge in [0, 0.05) is 13.6 Å². The third kappa shape index (κ3) is 2.77. The summed E-state index contributed by atoms with van der Waals surface area (Å²) in [6.07, 6.45) is 1.18. The van der Waals surface area contributed by atoms with Crippen LogP contribution in [0.5, 0.6) is 0 Å². The van der Waals surface area contributed by atoms with E-state index in [1.165, 1.54) is 29.6 Å². The molecule has 1 aromatic carbocycles. The van der Waals surface area contributed by atoms with Crippen molar-refractivity contribution in [2.24, 2.45) is 0 Å². The zero-order valence-electron chi connectivity index (χ0n) is 12.0. The minimum atomic E-state index is -3.73. The smallest absolute Gasteiger partial charge is 0.243 e. The van der Waals surface area contributed by atoms with E-state index in [0.29, 0.717) is 30.5 Å². The van der Waals surface area contributed by atoms with Crippen molar-refractivity contribution >= 4 is 15.9 Å². The van der Waals surface area contributed by atoms with Crippen molar-refractivity contribution in [1.82, 2.24) is 9.62 Å². The van der Waals surface area contributed by atoms with Crippen LogP contribution in [0.3, 0.4) is 0 Å². The quantitative estimate of drug-likeness (QED) is 0.893. The summed E-state index contributed by atoms with van der Waals surface area (Å²) in [5.74, 6) is -0.290. The number of carbonyl (C=O) groups is 1. The van der Waals surface area contributed by atoms with Crippen molar-refractivity contribution in [2.45, 2.75) is 30.7 Å². The van der Waals surface area contributed by atoms with Gasteiger partial charge in [-0.1, -0.05) is 0 Å². The van der Waals surface area contributed by atoms with E-state index in [1.807, 2.05) is 6.07 Å². The molecule has 1 atom stereocenters. The average Bonchev–Trinajstić information content (AvgIpc) is 2.96. The highest BCUT2D eigenvalue weighted by atomic mass is 32.2. The Morgan fingerprint density at radius 1 is 1.48 bits per heavy atom. The fraction of sp³-hybridized carbons (Fsp3) is 0.429. The van der Waals surface area contributed by atoms with Crippen LogP contribution in [0.25, 0.3) is 0 Å². The molecule has 0 aromatic heterocycles. The van der Waals surface area contributed by atoms with Gasteiger partial charge in [0.15, 0.2) is 0 Å². The Hall–Kier alpha value is -1.91. The lowest BCUT2D eigenvalue weighted by atomic mass is 10.1. The zero-order valence-corrected chi connectivity index (χ0v) is 12.8. The largest absolute Gasteiger partial charge is 0.358 e. The van der Waals surface area contributed by atoms with Gasteiger partial charge in [-0.15, -0.1) is 0 Å². The molecule has 1 unspecified atom stereocenters. The minimum absolute atomic E-state index is 0.120. The molecule has 112 valence electrons. The Kier molecular flexibility index (Phi) is 4.30. The van der Waals surface area contributed by atoms with Gasteiger partial charge in [-0.3, -0.25) is 4.79 Å². The van der Waals surface area contributed by atoms with Crippen LogP contribution >= 0.6 is 0 Å². The normalized spacial score (nSPS) is 19.2. The number of aryl methyl sites for hydroxylation is 1. The first-order valence-electron chi connectivity index (χ1n) is 6.66. The molecular formula is C14H17N3O3S. The maximum absolute atomic E-state index is 12.7. The highest BCUT2D eigenvalue weighted by Crippen LogP contribution is 2.27. The Morgan fingerprint density at radius 2 is 2.19 bits per heavy atom. The first kappa shape index (κ1) is 15.5. The van der Waals surface area contributed by atoms with E-state index in [0.717, 1.165) is 0 Å². The van der Waals surface area contributed by atoms with Crippen molar-refractivity contribution < 1.29 is 13.2 Å². The second kappa shape index (κ2) is 5.84. The fourth-order valence-electron chi connectivity index (χ4n) is 2.51. The Balaban J connectivity index is 2.40. The van der Waals surface area contributed by atoms with E-state index in [9.17, 15) is 13.2 Å². The van der Waals surface area contributed by atoms with Crippen LogP contribution in [0, 0.1) is 18.3 Å². The molecule has 1 fully saturated rings. The Labute approximate surface area is 124 Å². The lowest BCUT2D eigenvalue weighted by Gasteiger charge is -2.23. The molecule has 1 heterocycles. The summed E-state index contributed by atoms with van der Waals surface area (Å²) >= 11 is 0. The van der Waals surface area contributed by atoms with E-state index in [1.54, 1.807) is 6.92 Å². The van der Waals surface area contributed by atoms with Crippen LogP contribution in [0.1, 0.15) is 24.0 Å². The van der Waals surface area contributed by atoms with E-state index in [4.69, 9.17) is 5.26 Å². The van der Waals surface area contributed by atoms with E-state index < -0.39 is 16.1 Å². The monoisotopic (exact) mass is 307 g/mol. The molecule has 0 radical (unpaired) electrons. The summed E-state index contributed by atoms with van der Waals surface area (Å²) in [6.45, 7) is 2.03. The fourth-order valence-corrected chi connectivity index (χ4v) is 4.26. The number of nitriles is 1. The van der Waals surface area contributed by atoms with Crippen LogP contribution in [0.2, 0.25) is 0 Å². The van der Waals surface area contributed by atoms with Gasteiger partial charge in [0.25, 0.3) is 0 Å². The summed E-state index contributed by atoms with van der Waals surface area (Å²) in [6, 6.07) is 5.74. The van der Waals surface area contributed by atoms with Gasteiger partial charge in [-0.05, 0) is 43.5 Å². The van der Waals surface area contributed by atoms with Crippen LogP contribution in [-0.2, 0) is 14.8 Å². The maximum Gasteiger partial charge on any atom is 0.243 e. The summed E-state index contributed by atoms with van der Waals surface area (Å²) < 4.78 is 26.6. The molecule has 1 N–H and O–H groups in total. The van der Waals surface area contributed by atoms with Gasteiger partial charge >= 0.3 is 0 Å². The number of benzene rings is 1. The van der Waals surface area contributed by atoms with Crippen LogP contribution in [0.4, 0.5) is 0 Å². The third-order valence-electron chi connectivity index (χ3n) is 3.68. The number of amides is 1. The van der Waals surface area contributed by atoms with Crippen molar-refractivity contribution in [3.63, 3.8) is 0 Å².